The summed E-state index contributed by atoms with van der Waals surface area (Å²) in [5.74, 6) is 2.47. The molecule has 0 radical (unpaired) electrons. The molecule has 2 heterocycles. The molecule has 1 aliphatic heterocycles. The number of nitrogens with one attached hydrogen (secondary N) is 1. The van der Waals surface area contributed by atoms with Crippen LogP contribution in [0.25, 0.3) is 0 Å². The molecule has 140 valence electrons. The maximum Gasteiger partial charge on any atom is 0.178 e. The fourth-order valence-electron chi connectivity index (χ4n) is 3.24. The molecule has 1 unspecified atom stereocenters. The summed E-state index contributed by atoms with van der Waals surface area (Å²) in [6.45, 7) is 4.86. The van der Waals surface area contributed by atoms with E-state index in [-0.39, 0.29) is 5.75 Å². The molecule has 3 rings (SSSR count). The van der Waals surface area contributed by atoms with Gasteiger partial charge in [-0.25, -0.2) is 18.4 Å². The van der Waals surface area contributed by atoms with E-state index in [0.717, 1.165) is 24.7 Å². The summed E-state index contributed by atoms with van der Waals surface area (Å²) >= 11 is 0. The fraction of sp³-hybridized carbons (Fsp3) is 0.474. The third kappa shape index (κ3) is 4.94. The van der Waals surface area contributed by atoms with Gasteiger partial charge in [-0.2, -0.15) is 0 Å². The first-order valence-corrected chi connectivity index (χ1v) is 10.8. The van der Waals surface area contributed by atoms with E-state index in [1.807, 2.05) is 12.1 Å². The lowest BCUT2D eigenvalue weighted by Gasteiger charge is -2.31. The Morgan fingerprint density at radius 2 is 2.04 bits per heavy atom. The highest BCUT2D eigenvalue weighted by Crippen LogP contribution is 2.22. The number of benzene rings is 1. The molecule has 1 saturated heterocycles. The Morgan fingerprint density at radius 3 is 2.81 bits per heavy atom. The fourth-order valence-corrected chi connectivity index (χ4v) is 4.57. The van der Waals surface area contributed by atoms with Crippen LogP contribution in [0.4, 0.5) is 11.6 Å². The quantitative estimate of drug-likeness (QED) is 0.751. The monoisotopic (exact) mass is 374 g/mol. The highest BCUT2D eigenvalue weighted by atomic mass is 32.2. The van der Waals surface area contributed by atoms with Gasteiger partial charge in [0.25, 0.3) is 0 Å². The Labute approximate surface area is 155 Å². The summed E-state index contributed by atoms with van der Waals surface area (Å²) < 4.78 is 24.5. The molecule has 0 bridgehead atoms. The second kappa shape index (κ2) is 8.49. The smallest absolute Gasteiger partial charge is 0.178 e. The van der Waals surface area contributed by atoms with Crippen LogP contribution in [0.5, 0.6) is 0 Å². The van der Waals surface area contributed by atoms with Crippen LogP contribution < -0.4 is 10.2 Å². The van der Waals surface area contributed by atoms with E-state index in [4.69, 9.17) is 0 Å². The Kier molecular flexibility index (Phi) is 6.08. The molecule has 7 heteroatoms. The van der Waals surface area contributed by atoms with Crippen molar-refractivity contribution in [2.75, 3.05) is 35.6 Å². The average Bonchev–Trinajstić information content (AvgIpc) is 2.66. The van der Waals surface area contributed by atoms with Crippen LogP contribution in [-0.4, -0.2) is 43.8 Å². The average molecular weight is 375 g/mol. The Morgan fingerprint density at radius 1 is 1.23 bits per heavy atom. The van der Waals surface area contributed by atoms with Gasteiger partial charge < -0.3 is 10.2 Å². The summed E-state index contributed by atoms with van der Waals surface area (Å²) in [6, 6.07) is 10.5. The van der Waals surface area contributed by atoms with Crippen LogP contribution >= 0.6 is 0 Å². The molecule has 1 aliphatic rings. The maximum absolute atomic E-state index is 12.3. The minimum atomic E-state index is -3.23. The van der Waals surface area contributed by atoms with E-state index < -0.39 is 9.84 Å². The van der Waals surface area contributed by atoms with Gasteiger partial charge in [0.1, 0.15) is 18.0 Å². The van der Waals surface area contributed by atoms with E-state index in [2.05, 4.69) is 27.1 Å². The first-order chi connectivity index (χ1) is 12.5. The van der Waals surface area contributed by atoms with Gasteiger partial charge in [0.15, 0.2) is 9.84 Å². The van der Waals surface area contributed by atoms with Gasteiger partial charge in [0, 0.05) is 25.7 Å². The van der Waals surface area contributed by atoms with Crippen molar-refractivity contribution in [3.05, 3.63) is 42.7 Å². The van der Waals surface area contributed by atoms with Crippen molar-refractivity contribution < 1.29 is 8.42 Å². The van der Waals surface area contributed by atoms with Gasteiger partial charge in [-0.15, -0.1) is 0 Å². The molecule has 0 spiro atoms. The van der Waals surface area contributed by atoms with Gasteiger partial charge in [-0.1, -0.05) is 25.1 Å². The Hall–Kier alpha value is -2.15. The molecule has 0 saturated carbocycles. The molecule has 0 aliphatic carbocycles. The minimum absolute atomic E-state index is 0.117. The van der Waals surface area contributed by atoms with E-state index in [1.54, 1.807) is 30.6 Å². The van der Waals surface area contributed by atoms with Crippen molar-refractivity contribution in [2.45, 2.75) is 31.1 Å². The number of hydrogen-bond donors (Lipinski definition) is 1. The predicted molar refractivity (Wildman–Crippen MR) is 104 cm³/mol. The molecule has 26 heavy (non-hydrogen) atoms. The number of nitrogens with zero attached hydrogens (tertiary/aromatic N) is 3. The zero-order chi connectivity index (χ0) is 18.4. The molecule has 1 aromatic heterocycles. The van der Waals surface area contributed by atoms with Crippen molar-refractivity contribution >= 4 is 21.5 Å². The second-order valence-corrected chi connectivity index (χ2v) is 8.98. The highest BCUT2D eigenvalue weighted by Gasteiger charge is 2.18. The molecule has 6 nitrogen and oxygen atoms in total. The van der Waals surface area contributed by atoms with Crippen LogP contribution in [0.1, 0.15) is 26.2 Å². The predicted octanol–water partition coefficient (Wildman–Crippen LogP) is 2.99. The Balaban J connectivity index is 1.52. The number of hydrogen-bond acceptors (Lipinski definition) is 6. The van der Waals surface area contributed by atoms with Crippen LogP contribution in [0.3, 0.4) is 0 Å². The van der Waals surface area contributed by atoms with Crippen molar-refractivity contribution in [1.29, 1.82) is 0 Å². The van der Waals surface area contributed by atoms with Crippen molar-refractivity contribution in [3.8, 4) is 0 Å². The summed E-state index contributed by atoms with van der Waals surface area (Å²) in [5.41, 5.74) is 0. The van der Waals surface area contributed by atoms with E-state index in [1.165, 1.54) is 12.8 Å². The first-order valence-electron chi connectivity index (χ1n) is 9.13. The van der Waals surface area contributed by atoms with Gasteiger partial charge in [0.2, 0.25) is 0 Å². The molecule has 0 amide bonds. The van der Waals surface area contributed by atoms with Gasteiger partial charge in [0.05, 0.1) is 10.6 Å². The molecule has 1 aromatic carbocycles. The topological polar surface area (TPSA) is 75.2 Å². The molecular formula is C19H26N4O2S. The molecule has 1 N–H and O–H groups in total. The van der Waals surface area contributed by atoms with Crippen LogP contribution in [0, 0.1) is 5.92 Å². The lowest BCUT2D eigenvalue weighted by atomic mass is 10.0. The zero-order valence-corrected chi connectivity index (χ0v) is 16.0. The van der Waals surface area contributed by atoms with Gasteiger partial charge in [-0.3, -0.25) is 0 Å². The molecule has 1 fully saturated rings. The van der Waals surface area contributed by atoms with E-state index in [9.17, 15) is 8.42 Å². The van der Waals surface area contributed by atoms with E-state index >= 15 is 0 Å². The van der Waals surface area contributed by atoms with Crippen LogP contribution in [0.2, 0.25) is 0 Å². The molecule has 2 aromatic rings. The highest BCUT2D eigenvalue weighted by molar-refractivity contribution is 7.91. The standard InChI is InChI=1S/C19H26N4O2S/c1-16-7-5-11-23(14-16)19-13-18(21-15-22-19)20-10-6-12-26(24,25)17-8-3-2-4-9-17/h2-4,8-9,13,15-16H,5-7,10-12,14H2,1H3,(H,20,21,22). The van der Waals surface area contributed by atoms with Crippen LogP contribution in [0.15, 0.2) is 47.6 Å². The normalized spacial score (nSPS) is 17.9. The molecular weight excluding hydrogens is 348 g/mol. The zero-order valence-electron chi connectivity index (χ0n) is 15.1. The third-order valence-electron chi connectivity index (χ3n) is 4.63. The third-order valence-corrected chi connectivity index (χ3v) is 6.45. The summed E-state index contributed by atoms with van der Waals surface area (Å²) in [6.07, 6.45) is 4.54. The number of anilines is 2. The summed E-state index contributed by atoms with van der Waals surface area (Å²) in [5, 5.41) is 3.22. The number of aromatic nitrogens is 2. The SMILES string of the molecule is CC1CCCN(c2cc(NCCCS(=O)(=O)c3ccccc3)ncn2)C1. The van der Waals surface area contributed by atoms with Crippen LogP contribution in [-0.2, 0) is 9.84 Å². The number of sulfone groups is 1. The van der Waals surface area contributed by atoms with Crippen molar-refractivity contribution in [2.24, 2.45) is 5.92 Å². The maximum atomic E-state index is 12.3. The number of rotatable bonds is 7. The van der Waals surface area contributed by atoms with Gasteiger partial charge >= 0.3 is 0 Å². The van der Waals surface area contributed by atoms with E-state index in [0.29, 0.717) is 23.8 Å². The summed E-state index contributed by atoms with van der Waals surface area (Å²) in [7, 11) is -3.23. The largest absolute Gasteiger partial charge is 0.370 e. The lowest BCUT2D eigenvalue weighted by Crippen LogP contribution is -2.34. The van der Waals surface area contributed by atoms with Crippen molar-refractivity contribution in [1.82, 2.24) is 9.97 Å². The lowest BCUT2D eigenvalue weighted by molar-refractivity contribution is 0.444. The Bertz CT molecular complexity index is 811. The minimum Gasteiger partial charge on any atom is -0.370 e. The first kappa shape index (κ1) is 18.6. The second-order valence-electron chi connectivity index (χ2n) is 6.87. The number of piperidine rings is 1. The van der Waals surface area contributed by atoms with Gasteiger partial charge in [-0.05, 0) is 37.3 Å². The van der Waals surface area contributed by atoms with Crippen molar-refractivity contribution in [3.63, 3.8) is 0 Å². The molecule has 1 atom stereocenters. The summed E-state index contributed by atoms with van der Waals surface area (Å²) in [4.78, 5) is 11.3.